The Morgan fingerprint density at radius 2 is 2.06 bits per heavy atom. The van der Waals surface area contributed by atoms with Gasteiger partial charge in [0.15, 0.2) is 6.04 Å². The van der Waals surface area contributed by atoms with Gasteiger partial charge in [-0.3, -0.25) is 4.79 Å². The molecule has 0 aromatic carbocycles. The number of rotatable bonds is 8. The van der Waals surface area contributed by atoms with E-state index in [1.54, 1.807) is 0 Å². The summed E-state index contributed by atoms with van der Waals surface area (Å²) in [5.41, 5.74) is 0. The summed E-state index contributed by atoms with van der Waals surface area (Å²) in [6, 6.07) is -0.936. The van der Waals surface area contributed by atoms with Crippen LogP contribution in [-0.4, -0.2) is 36.7 Å². The molecule has 5 heteroatoms. The number of carboxylic acids is 1. The maximum Gasteiger partial charge on any atom is 0.328 e. The van der Waals surface area contributed by atoms with Crippen LogP contribution in [0, 0.1) is 5.92 Å². The number of amides is 1. The van der Waals surface area contributed by atoms with Gasteiger partial charge in [0, 0.05) is 13.5 Å². The topological polar surface area (TPSA) is 75.6 Å². The average molecular weight is 257 g/mol. The van der Waals surface area contributed by atoms with Gasteiger partial charge in [-0.15, -0.1) is 0 Å². The minimum Gasteiger partial charge on any atom is -0.480 e. The molecule has 1 unspecified atom stereocenters. The van der Waals surface area contributed by atoms with Crippen molar-refractivity contribution < 1.29 is 19.4 Å². The lowest BCUT2D eigenvalue weighted by Crippen LogP contribution is -2.43. The Labute approximate surface area is 108 Å². The summed E-state index contributed by atoms with van der Waals surface area (Å²) in [7, 11) is 1.42. The molecule has 0 spiro atoms. The van der Waals surface area contributed by atoms with Gasteiger partial charge in [-0.25, -0.2) is 4.79 Å². The second kappa shape index (κ2) is 8.08. The molecule has 1 aliphatic rings. The molecule has 2 N–H and O–H groups in total. The number of carboxylic acid groups (broad SMARTS) is 1. The fourth-order valence-corrected chi connectivity index (χ4v) is 2.46. The molecular weight excluding hydrogens is 234 g/mol. The zero-order chi connectivity index (χ0) is 13.4. The van der Waals surface area contributed by atoms with Crippen molar-refractivity contribution >= 4 is 11.9 Å². The van der Waals surface area contributed by atoms with Crippen LogP contribution in [0.3, 0.4) is 0 Å². The molecule has 1 aliphatic carbocycles. The van der Waals surface area contributed by atoms with E-state index in [1.807, 2.05) is 0 Å². The van der Waals surface area contributed by atoms with Crippen LogP contribution in [-0.2, 0) is 14.3 Å². The van der Waals surface area contributed by atoms with E-state index in [9.17, 15) is 9.59 Å². The van der Waals surface area contributed by atoms with Gasteiger partial charge in [-0.1, -0.05) is 25.7 Å². The summed E-state index contributed by atoms with van der Waals surface area (Å²) < 4.78 is 4.76. The number of carbonyl (C=O) groups is 2. The summed E-state index contributed by atoms with van der Waals surface area (Å²) in [5.74, 6) is -0.481. The molecular formula is C13H23NO4. The molecule has 0 aliphatic heterocycles. The van der Waals surface area contributed by atoms with Crippen LogP contribution in [0.5, 0.6) is 0 Å². The molecule has 0 saturated heterocycles. The second-order valence-electron chi connectivity index (χ2n) is 4.96. The zero-order valence-electron chi connectivity index (χ0n) is 11.0. The van der Waals surface area contributed by atoms with E-state index in [0.717, 1.165) is 18.8 Å². The molecule has 0 bridgehead atoms. The van der Waals surface area contributed by atoms with Crippen LogP contribution in [0.1, 0.15) is 44.9 Å². The Kier molecular flexibility index (Phi) is 6.72. The van der Waals surface area contributed by atoms with E-state index in [1.165, 1.54) is 32.8 Å². The first-order chi connectivity index (χ1) is 8.63. The Morgan fingerprint density at radius 1 is 1.39 bits per heavy atom. The Morgan fingerprint density at radius 3 is 2.61 bits per heavy atom. The maximum absolute atomic E-state index is 11.6. The van der Waals surface area contributed by atoms with Gasteiger partial charge in [0.05, 0.1) is 6.61 Å². The van der Waals surface area contributed by atoms with Crippen LogP contribution >= 0.6 is 0 Å². The van der Waals surface area contributed by atoms with E-state index in [-0.39, 0.29) is 12.5 Å². The number of nitrogens with one attached hydrogen (secondary N) is 1. The van der Waals surface area contributed by atoms with Gasteiger partial charge in [0.2, 0.25) is 5.91 Å². The van der Waals surface area contributed by atoms with E-state index < -0.39 is 12.0 Å². The highest BCUT2D eigenvalue weighted by molar-refractivity contribution is 5.83. The molecule has 0 aromatic heterocycles. The predicted molar refractivity (Wildman–Crippen MR) is 67.3 cm³/mol. The Balaban J connectivity index is 2.16. The maximum atomic E-state index is 11.6. The lowest BCUT2D eigenvalue weighted by molar-refractivity contribution is -0.143. The van der Waals surface area contributed by atoms with E-state index in [0.29, 0.717) is 6.42 Å². The predicted octanol–water partition coefficient (Wildman–Crippen LogP) is 1.56. The summed E-state index contributed by atoms with van der Waals surface area (Å²) in [4.78, 5) is 22.4. The first kappa shape index (κ1) is 15.0. The summed E-state index contributed by atoms with van der Waals surface area (Å²) >= 11 is 0. The van der Waals surface area contributed by atoms with Crippen LogP contribution in [0.25, 0.3) is 0 Å². The lowest BCUT2D eigenvalue weighted by atomic mass is 10.0. The average Bonchev–Trinajstić information content (AvgIpc) is 2.81. The molecule has 1 fully saturated rings. The van der Waals surface area contributed by atoms with E-state index in [2.05, 4.69) is 5.32 Å². The molecule has 0 radical (unpaired) electrons. The summed E-state index contributed by atoms with van der Waals surface area (Å²) in [6.45, 7) is 0.00367. The highest BCUT2D eigenvalue weighted by atomic mass is 16.5. The van der Waals surface area contributed by atoms with Gasteiger partial charge in [0.1, 0.15) is 0 Å². The third kappa shape index (κ3) is 5.49. The third-order valence-corrected chi connectivity index (χ3v) is 3.46. The highest BCUT2D eigenvalue weighted by Crippen LogP contribution is 2.28. The quantitative estimate of drug-likeness (QED) is 0.692. The first-order valence-electron chi connectivity index (χ1n) is 6.64. The number of carbonyl (C=O) groups excluding carboxylic acids is 1. The Hall–Kier alpha value is -1.10. The van der Waals surface area contributed by atoms with Crippen molar-refractivity contribution in [3.63, 3.8) is 0 Å². The van der Waals surface area contributed by atoms with Crippen molar-refractivity contribution in [1.29, 1.82) is 0 Å². The summed E-state index contributed by atoms with van der Waals surface area (Å²) in [5, 5.41) is 11.3. The first-order valence-corrected chi connectivity index (χ1v) is 6.64. The number of aliphatic carboxylic acids is 1. The van der Waals surface area contributed by atoms with Crippen molar-refractivity contribution in [2.24, 2.45) is 5.92 Å². The SMILES string of the molecule is COCC(NC(=O)CCCC1CCCC1)C(=O)O. The molecule has 18 heavy (non-hydrogen) atoms. The van der Waals surface area contributed by atoms with Crippen molar-refractivity contribution in [3.8, 4) is 0 Å². The van der Waals surface area contributed by atoms with Crippen molar-refractivity contribution in [2.75, 3.05) is 13.7 Å². The number of ether oxygens (including phenoxy) is 1. The Bertz CT molecular complexity index is 274. The van der Waals surface area contributed by atoms with Gasteiger partial charge in [-0.2, -0.15) is 0 Å². The highest BCUT2D eigenvalue weighted by Gasteiger charge is 2.20. The molecule has 5 nitrogen and oxygen atoms in total. The smallest absolute Gasteiger partial charge is 0.328 e. The van der Waals surface area contributed by atoms with Crippen molar-refractivity contribution in [3.05, 3.63) is 0 Å². The third-order valence-electron chi connectivity index (χ3n) is 3.46. The van der Waals surface area contributed by atoms with Crippen LogP contribution in [0.2, 0.25) is 0 Å². The van der Waals surface area contributed by atoms with Crippen LogP contribution < -0.4 is 5.32 Å². The molecule has 0 heterocycles. The molecule has 1 atom stereocenters. The van der Waals surface area contributed by atoms with Gasteiger partial charge < -0.3 is 15.2 Å². The molecule has 1 amide bonds. The van der Waals surface area contributed by atoms with E-state index in [4.69, 9.17) is 9.84 Å². The zero-order valence-corrected chi connectivity index (χ0v) is 11.0. The molecule has 1 saturated carbocycles. The standard InChI is InChI=1S/C13H23NO4/c1-18-9-11(13(16)17)14-12(15)8-4-7-10-5-2-3-6-10/h10-11H,2-9H2,1H3,(H,14,15)(H,16,17). The largest absolute Gasteiger partial charge is 0.480 e. The monoisotopic (exact) mass is 257 g/mol. The minimum absolute atomic E-state index is 0.00367. The van der Waals surface area contributed by atoms with Gasteiger partial charge in [-0.05, 0) is 18.8 Å². The lowest BCUT2D eigenvalue weighted by Gasteiger charge is -2.14. The van der Waals surface area contributed by atoms with E-state index >= 15 is 0 Å². The normalized spacial score (nSPS) is 17.6. The van der Waals surface area contributed by atoms with Crippen molar-refractivity contribution in [1.82, 2.24) is 5.32 Å². The summed E-state index contributed by atoms with van der Waals surface area (Å²) in [6.07, 6.45) is 7.51. The molecule has 1 rings (SSSR count). The minimum atomic E-state index is -1.05. The second-order valence-corrected chi connectivity index (χ2v) is 4.96. The van der Waals surface area contributed by atoms with Gasteiger partial charge in [0.25, 0.3) is 0 Å². The van der Waals surface area contributed by atoms with Crippen LogP contribution in [0.15, 0.2) is 0 Å². The van der Waals surface area contributed by atoms with Crippen molar-refractivity contribution in [2.45, 2.75) is 51.0 Å². The fourth-order valence-electron chi connectivity index (χ4n) is 2.46. The fraction of sp³-hybridized carbons (Fsp3) is 0.846. The number of hydrogen-bond acceptors (Lipinski definition) is 3. The van der Waals surface area contributed by atoms with Crippen LogP contribution in [0.4, 0.5) is 0 Å². The molecule has 104 valence electrons. The van der Waals surface area contributed by atoms with Gasteiger partial charge >= 0.3 is 5.97 Å². The number of hydrogen-bond donors (Lipinski definition) is 2. The number of methoxy groups -OCH3 is 1. The molecule has 0 aromatic rings.